The van der Waals surface area contributed by atoms with Gasteiger partial charge in [-0.3, -0.25) is 4.79 Å². The van der Waals surface area contributed by atoms with Gasteiger partial charge in [-0.25, -0.2) is 13.2 Å². The number of hydrogen-bond donors (Lipinski definition) is 2. The molecular formula is C13H11NO5S2. The molecule has 0 atom stereocenters. The van der Waals surface area contributed by atoms with Crippen LogP contribution in [0.25, 0.3) is 0 Å². The second-order valence-corrected chi connectivity index (χ2v) is 7.15. The Hall–Kier alpha value is -2.19. The smallest absolute Gasteiger partial charge is 0.348 e. The van der Waals surface area contributed by atoms with Gasteiger partial charge < -0.3 is 10.4 Å². The van der Waals surface area contributed by atoms with Crippen molar-refractivity contribution >= 4 is 38.7 Å². The van der Waals surface area contributed by atoms with Crippen molar-refractivity contribution in [3.8, 4) is 0 Å². The van der Waals surface area contributed by atoms with E-state index >= 15 is 0 Å². The van der Waals surface area contributed by atoms with Gasteiger partial charge in [0.1, 0.15) is 4.88 Å². The van der Waals surface area contributed by atoms with E-state index in [0.29, 0.717) is 0 Å². The Balaban J connectivity index is 2.29. The number of carbonyl (C=O) groups is 2. The van der Waals surface area contributed by atoms with Crippen LogP contribution in [0.1, 0.15) is 20.0 Å². The summed E-state index contributed by atoms with van der Waals surface area (Å²) in [5, 5.41) is 13.0. The minimum absolute atomic E-state index is 0.0163. The van der Waals surface area contributed by atoms with Crippen molar-refractivity contribution < 1.29 is 23.1 Å². The largest absolute Gasteiger partial charge is 0.477 e. The van der Waals surface area contributed by atoms with Gasteiger partial charge in [-0.1, -0.05) is 6.07 Å². The molecule has 0 bridgehead atoms. The molecule has 1 amide bonds. The monoisotopic (exact) mass is 325 g/mol. The second-order valence-electron chi connectivity index (χ2n) is 4.22. The number of hydrogen-bond acceptors (Lipinski definition) is 5. The van der Waals surface area contributed by atoms with E-state index in [1.807, 2.05) is 0 Å². The fourth-order valence-corrected chi connectivity index (χ4v) is 2.99. The van der Waals surface area contributed by atoms with Crippen LogP contribution in [0.15, 0.2) is 40.6 Å². The SMILES string of the molecule is CS(=O)(=O)c1cccc(C(=O)Nc2ccsc2C(=O)O)c1. The van der Waals surface area contributed by atoms with Crippen molar-refractivity contribution in [3.63, 3.8) is 0 Å². The average molecular weight is 325 g/mol. The zero-order chi connectivity index (χ0) is 15.6. The van der Waals surface area contributed by atoms with E-state index in [4.69, 9.17) is 5.11 Å². The Morgan fingerprint density at radius 2 is 1.95 bits per heavy atom. The Labute approximate surface area is 125 Å². The fraction of sp³-hybridized carbons (Fsp3) is 0.0769. The molecule has 21 heavy (non-hydrogen) atoms. The van der Waals surface area contributed by atoms with Gasteiger partial charge >= 0.3 is 5.97 Å². The maximum Gasteiger partial charge on any atom is 0.348 e. The van der Waals surface area contributed by atoms with Crippen LogP contribution in [-0.2, 0) is 9.84 Å². The molecule has 0 spiro atoms. The quantitative estimate of drug-likeness (QED) is 0.896. The highest BCUT2D eigenvalue weighted by Gasteiger charge is 2.16. The molecule has 0 fully saturated rings. The number of aromatic carboxylic acids is 1. The summed E-state index contributed by atoms with van der Waals surface area (Å²) in [6.45, 7) is 0. The first-order valence-corrected chi connectivity index (χ1v) is 8.48. The molecule has 8 heteroatoms. The number of thiophene rings is 1. The van der Waals surface area contributed by atoms with Gasteiger partial charge in [0, 0.05) is 11.8 Å². The minimum atomic E-state index is -3.41. The number of anilines is 1. The number of carbonyl (C=O) groups excluding carboxylic acids is 1. The summed E-state index contributed by atoms with van der Waals surface area (Å²) in [6, 6.07) is 7.02. The lowest BCUT2D eigenvalue weighted by Crippen LogP contribution is -2.14. The van der Waals surface area contributed by atoms with E-state index < -0.39 is 21.7 Å². The molecule has 2 rings (SSSR count). The molecular weight excluding hydrogens is 314 g/mol. The molecule has 0 aliphatic heterocycles. The van der Waals surface area contributed by atoms with Crippen LogP contribution in [0.4, 0.5) is 5.69 Å². The molecule has 0 unspecified atom stereocenters. The topological polar surface area (TPSA) is 101 Å². The van der Waals surface area contributed by atoms with Crippen molar-refractivity contribution in [3.05, 3.63) is 46.2 Å². The predicted octanol–water partition coefficient (Wildman–Crippen LogP) is 2.10. The van der Waals surface area contributed by atoms with Crippen LogP contribution in [0.3, 0.4) is 0 Å². The molecule has 0 aliphatic carbocycles. The van der Waals surface area contributed by atoms with Crippen LogP contribution in [-0.4, -0.2) is 31.7 Å². The van der Waals surface area contributed by atoms with Gasteiger partial charge in [0.2, 0.25) is 0 Å². The van der Waals surface area contributed by atoms with Crippen LogP contribution in [0.2, 0.25) is 0 Å². The molecule has 0 aliphatic rings. The maximum atomic E-state index is 12.1. The van der Waals surface area contributed by atoms with Gasteiger partial charge in [0.25, 0.3) is 5.91 Å². The summed E-state index contributed by atoms with van der Waals surface area (Å²) in [7, 11) is -3.41. The first kappa shape index (κ1) is 15.2. The third kappa shape index (κ3) is 3.47. The third-order valence-corrected chi connectivity index (χ3v) is 4.64. The van der Waals surface area contributed by atoms with E-state index in [9.17, 15) is 18.0 Å². The number of carboxylic acid groups (broad SMARTS) is 1. The van der Waals surface area contributed by atoms with Gasteiger partial charge in [0.15, 0.2) is 9.84 Å². The molecule has 2 N–H and O–H groups in total. The first-order valence-electron chi connectivity index (χ1n) is 5.71. The molecule has 0 saturated carbocycles. The Bertz CT molecular complexity index is 807. The summed E-state index contributed by atoms with van der Waals surface area (Å²) in [5.74, 6) is -1.70. The molecule has 1 aromatic heterocycles. The van der Waals surface area contributed by atoms with Gasteiger partial charge in [-0.05, 0) is 29.6 Å². The summed E-state index contributed by atoms with van der Waals surface area (Å²) in [4.78, 5) is 23.1. The van der Waals surface area contributed by atoms with E-state index in [2.05, 4.69) is 5.32 Å². The van der Waals surface area contributed by atoms with Crippen molar-refractivity contribution in [2.45, 2.75) is 4.90 Å². The summed E-state index contributed by atoms with van der Waals surface area (Å²) >= 11 is 0.992. The van der Waals surface area contributed by atoms with Gasteiger partial charge in [-0.2, -0.15) is 0 Å². The fourth-order valence-electron chi connectivity index (χ4n) is 1.64. The maximum absolute atomic E-state index is 12.1. The molecule has 110 valence electrons. The van der Waals surface area contributed by atoms with Gasteiger partial charge in [-0.15, -0.1) is 11.3 Å². The molecule has 0 saturated heterocycles. The molecule has 2 aromatic rings. The predicted molar refractivity (Wildman–Crippen MR) is 78.8 cm³/mol. The molecule has 1 heterocycles. The van der Waals surface area contributed by atoms with Crippen molar-refractivity contribution in [1.82, 2.24) is 0 Å². The summed E-state index contributed by atoms with van der Waals surface area (Å²) in [5.41, 5.74) is 0.322. The van der Waals surface area contributed by atoms with Crippen molar-refractivity contribution in [2.75, 3.05) is 11.6 Å². The third-order valence-electron chi connectivity index (χ3n) is 2.63. The van der Waals surface area contributed by atoms with Gasteiger partial charge in [0.05, 0.1) is 10.6 Å². The highest BCUT2D eigenvalue weighted by atomic mass is 32.2. The van der Waals surface area contributed by atoms with Crippen LogP contribution >= 0.6 is 11.3 Å². The highest BCUT2D eigenvalue weighted by Crippen LogP contribution is 2.23. The summed E-state index contributed by atoms with van der Waals surface area (Å²) < 4.78 is 22.9. The van der Waals surface area contributed by atoms with E-state index in [1.165, 1.54) is 30.3 Å². The first-order chi connectivity index (χ1) is 9.79. The highest BCUT2D eigenvalue weighted by molar-refractivity contribution is 7.90. The Morgan fingerprint density at radius 3 is 2.57 bits per heavy atom. The zero-order valence-corrected chi connectivity index (χ0v) is 12.5. The summed E-state index contributed by atoms with van der Waals surface area (Å²) in [6.07, 6.45) is 1.05. The standard InChI is InChI=1S/C13H11NO5S2/c1-21(18,19)9-4-2-3-8(7-9)12(15)14-10-5-6-20-11(10)13(16)17/h2-7H,1H3,(H,14,15)(H,16,17). The normalized spacial score (nSPS) is 11.1. The van der Waals surface area contributed by atoms with Crippen LogP contribution < -0.4 is 5.32 Å². The van der Waals surface area contributed by atoms with Crippen LogP contribution in [0.5, 0.6) is 0 Å². The number of benzene rings is 1. The lowest BCUT2D eigenvalue weighted by molar-refractivity contribution is 0.0703. The van der Waals surface area contributed by atoms with E-state index in [1.54, 1.807) is 5.38 Å². The Kier molecular flexibility index (Phi) is 4.10. The number of sulfone groups is 1. The molecule has 0 radical (unpaired) electrons. The zero-order valence-electron chi connectivity index (χ0n) is 10.9. The van der Waals surface area contributed by atoms with Crippen molar-refractivity contribution in [2.24, 2.45) is 0 Å². The lowest BCUT2D eigenvalue weighted by atomic mass is 10.2. The van der Waals surface area contributed by atoms with E-state index in [-0.39, 0.29) is 21.0 Å². The van der Waals surface area contributed by atoms with Crippen LogP contribution in [0, 0.1) is 0 Å². The number of amides is 1. The van der Waals surface area contributed by atoms with Crippen molar-refractivity contribution in [1.29, 1.82) is 0 Å². The Morgan fingerprint density at radius 1 is 1.24 bits per heavy atom. The number of nitrogens with one attached hydrogen (secondary N) is 1. The van der Waals surface area contributed by atoms with E-state index in [0.717, 1.165) is 17.6 Å². The second kappa shape index (κ2) is 5.66. The lowest BCUT2D eigenvalue weighted by Gasteiger charge is -2.06. The molecule has 1 aromatic carbocycles. The number of rotatable bonds is 4. The number of carboxylic acids is 1. The average Bonchev–Trinajstić information content (AvgIpc) is 2.86. The minimum Gasteiger partial charge on any atom is -0.477 e. The molecule has 6 nitrogen and oxygen atoms in total.